The number of hydrogen-bond donors (Lipinski definition) is 3. The number of amides is 2. The Labute approximate surface area is 368 Å². The third-order valence-corrected chi connectivity index (χ3v) is 13.9. The zero-order valence-corrected chi connectivity index (χ0v) is 36.5. The second kappa shape index (κ2) is 18.2. The highest BCUT2D eigenvalue weighted by atomic mass is 16.7. The van der Waals surface area contributed by atoms with Gasteiger partial charge in [-0.05, 0) is 104 Å². The molecule has 0 radical (unpaired) electrons. The van der Waals surface area contributed by atoms with Crippen LogP contribution in [0, 0.1) is 11.1 Å². The van der Waals surface area contributed by atoms with Crippen LogP contribution < -0.4 is 0 Å². The van der Waals surface area contributed by atoms with Gasteiger partial charge in [0.05, 0.1) is 29.8 Å². The first-order chi connectivity index (χ1) is 30.7. The molecule has 2 amide bonds. The van der Waals surface area contributed by atoms with E-state index in [2.05, 4.69) is 102 Å². The maximum Gasteiger partial charge on any atom is 0.534 e. The van der Waals surface area contributed by atoms with Crippen molar-refractivity contribution in [1.82, 2.24) is 34.7 Å². The van der Waals surface area contributed by atoms with E-state index in [-0.39, 0.29) is 23.9 Å². The van der Waals surface area contributed by atoms with E-state index in [1.807, 2.05) is 29.3 Å². The minimum absolute atomic E-state index is 0.0281. The average molecular weight is 851 g/mol. The molecule has 0 bridgehead atoms. The van der Waals surface area contributed by atoms with Crippen LogP contribution >= 0.6 is 0 Å². The van der Waals surface area contributed by atoms with Crippen molar-refractivity contribution in [2.24, 2.45) is 5.92 Å². The van der Waals surface area contributed by atoms with E-state index in [1.54, 1.807) is 18.1 Å². The van der Waals surface area contributed by atoms with E-state index in [4.69, 9.17) is 14.7 Å². The summed E-state index contributed by atoms with van der Waals surface area (Å²) in [5.74, 6) is 1.54. The van der Waals surface area contributed by atoms with Crippen molar-refractivity contribution in [3.05, 3.63) is 126 Å². The first-order valence-corrected chi connectivity index (χ1v) is 22.7. The van der Waals surface area contributed by atoms with Gasteiger partial charge < -0.3 is 29.9 Å². The Hall–Kier alpha value is -5.70. The van der Waals surface area contributed by atoms with Crippen molar-refractivity contribution in [2.45, 2.75) is 83.5 Å². The van der Waals surface area contributed by atoms with E-state index in [1.165, 1.54) is 0 Å². The summed E-state index contributed by atoms with van der Waals surface area (Å²) in [6.07, 6.45) is 6.84. The quantitative estimate of drug-likeness (QED) is 0.0761. The van der Waals surface area contributed by atoms with Gasteiger partial charge in [0, 0.05) is 37.8 Å². The second-order valence-corrected chi connectivity index (χ2v) is 17.4. The monoisotopic (exact) mass is 850 g/mol. The number of imidazole rings is 2. The largest absolute Gasteiger partial charge is 0.601 e. The number of likely N-dealkylation sites (N-methyl/N-ethyl adjacent to an activating group) is 1. The summed E-state index contributed by atoms with van der Waals surface area (Å²) in [5, 5.41) is 28.5. The van der Waals surface area contributed by atoms with Crippen LogP contribution in [0.15, 0.2) is 103 Å². The molecule has 6 aromatic rings. The molecule has 4 aromatic carbocycles. The van der Waals surface area contributed by atoms with Gasteiger partial charge in [-0.2, -0.15) is 9.55 Å². The first kappa shape index (κ1) is 42.6. The van der Waals surface area contributed by atoms with E-state index < -0.39 is 22.9 Å². The minimum atomic E-state index is -1.40. The molecule has 328 valence electrons. The Morgan fingerprint density at radius 2 is 1.35 bits per heavy atom. The number of aromatic amines is 2. The van der Waals surface area contributed by atoms with Crippen molar-refractivity contribution >= 4 is 22.8 Å². The zero-order chi connectivity index (χ0) is 43.7. The second-order valence-electron chi connectivity index (χ2n) is 17.4. The minimum Gasteiger partial charge on any atom is -0.601 e. The standard InChI is InChI=1S/C50H58N8O5/c1-4-55(5-2)46(37-11-7-6-8-12-37)49(59)56-25-9-13-44(56)47-51-31-42(53-47)36-17-15-35(16-18-36)38-19-20-40-30-41(22-21-39(40)29-38)43-32-52-48(54-43)45-14-10-26-57(45)58(62,50(60)61)33(3)34-23-27-63-28-24-34/h6-8,11-12,15-22,29-34,44-46H,4-5,9-10,13-14,23-28H2,1-3H3,(H,51,53)(H,52,54)(H,60,61). The fourth-order valence-electron chi connectivity index (χ4n) is 10.3. The maximum atomic E-state index is 14.3. The van der Waals surface area contributed by atoms with Crippen LogP contribution in [0.25, 0.3) is 44.4 Å². The molecule has 3 aliphatic rings. The number of hydrogen-bond acceptors (Lipinski definition) is 8. The van der Waals surface area contributed by atoms with Crippen LogP contribution in [0.4, 0.5) is 4.79 Å². The number of likely N-dealkylation sites (tertiary alicyclic amines) is 1. The molecule has 0 saturated carbocycles. The predicted molar refractivity (Wildman–Crippen MR) is 244 cm³/mol. The smallest absolute Gasteiger partial charge is 0.534 e. The SMILES string of the molecule is CCN(CC)C(C(=O)N1CCCC1c1ncc(-c2ccc(-c3ccc4cc(-c5cnc(C6CCCN6[N+]([O-])(C(=O)O)C(C)C6CCOCC6)[nH]5)ccc4c3)cc2)[nH]1)c1ccccc1. The van der Waals surface area contributed by atoms with E-state index >= 15 is 0 Å². The molecule has 63 heavy (non-hydrogen) atoms. The van der Waals surface area contributed by atoms with Gasteiger partial charge in [-0.15, -0.1) is 5.01 Å². The third kappa shape index (κ3) is 8.20. The number of aromatic nitrogens is 4. The number of fused-ring (bicyclic) bond motifs is 1. The molecule has 3 N–H and O–H groups in total. The maximum absolute atomic E-state index is 14.3. The molecule has 3 saturated heterocycles. The van der Waals surface area contributed by atoms with Gasteiger partial charge >= 0.3 is 6.09 Å². The molecule has 5 unspecified atom stereocenters. The summed E-state index contributed by atoms with van der Waals surface area (Å²) in [7, 11) is 0. The van der Waals surface area contributed by atoms with Crippen LogP contribution in [-0.4, -0.2) is 102 Å². The number of carbonyl (C=O) groups excluding carboxylic acids is 1. The van der Waals surface area contributed by atoms with Gasteiger partial charge in [-0.1, -0.05) is 92.7 Å². The van der Waals surface area contributed by atoms with Crippen LogP contribution in [0.1, 0.15) is 94.6 Å². The molecule has 3 fully saturated rings. The third-order valence-electron chi connectivity index (χ3n) is 13.9. The number of ether oxygens (including phenoxy) is 1. The Morgan fingerprint density at radius 3 is 2.02 bits per heavy atom. The van der Waals surface area contributed by atoms with Gasteiger partial charge in [0.2, 0.25) is 5.91 Å². The van der Waals surface area contributed by atoms with E-state index in [9.17, 15) is 19.9 Å². The highest BCUT2D eigenvalue weighted by Crippen LogP contribution is 2.41. The number of nitrogens with zero attached hydrogens (tertiary/aromatic N) is 6. The van der Waals surface area contributed by atoms with E-state index in [0.29, 0.717) is 51.4 Å². The molecule has 13 heteroatoms. The van der Waals surface area contributed by atoms with Gasteiger partial charge in [0.1, 0.15) is 29.8 Å². The van der Waals surface area contributed by atoms with Crippen LogP contribution in [0.5, 0.6) is 0 Å². The Bertz CT molecular complexity index is 2530. The predicted octanol–water partition coefficient (Wildman–Crippen LogP) is 9.89. The van der Waals surface area contributed by atoms with Crippen LogP contribution in [0.3, 0.4) is 0 Å². The lowest BCUT2D eigenvalue weighted by Crippen LogP contribution is -2.65. The molecule has 13 nitrogen and oxygen atoms in total. The van der Waals surface area contributed by atoms with E-state index in [0.717, 1.165) is 88.2 Å². The number of rotatable bonds is 13. The first-order valence-electron chi connectivity index (χ1n) is 22.7. The molecule has 2 aromatic heterocycles. The molecule has 0 spiro atoms. The average Bonchev–Trinajstić information content (AvgIpc) is 4.18. The van der Waals surface area contributed by atoms with Crippen molar-refractivity contribution in [1.29, 1.82) is 0 Å². The lowest BCUT2D eigenvalue weighted by Gasteiger charge is -2.50. The van der Waals surface area contributed by atoms with Crippen LogP contribution in [-0.2, 0) is 9.53 Å². The fourth-order valence-corrected chi connectivity index (χ4v) is 10.3. The Kier molecular flexibility index (Phi) is 12.3. The summed E-state index contributed by atoms with van der Waals surface area (Å²) in [4.78, 5) is 47.8. The van der Waals surface area contributed by atoms with Crippen molar-refractivity contribution in [3.8, 4) is 33.6 Å². The van der Waals surface area contributed by atoms with Crippen molar-refractivity contribution in [3.63, 3.8) is 0 Å². The van der Waals surface area contributed by atoms with Crippen molar-refractivity contribution < 1.29 is 24.2 Å². The topological polar surface area (TPSA) is 154 Å². The lowest BCUT2D eigenvalue weighted by atomic mass is 9.92. The molecule has 5 heterocycles. The highest BCUT2D eigenvalue weighted by Gasteiger charge is 2.50. The normalized spacial score (nSPS) is 20.6. The number of hydroxylamine groups is 2. The summed E-state index contributed by atoms with van der Waals surface area (Å²) < 4.78 is 4.10. The fraction of sp³-hybridized carbons (Fsp3) is 0.400. The highest BCUT2D eigenvalue weighted by molar-refractivity contribution is 5.90. The molecule has 3 aliphatic heterocycles. The molecular formula is C50H58N8O5. The lowest BCUT2D eigenvalue weighted by molar-refractivity contribution is -0.956. The summed E-state index contributed by atoms with van der Waals surface area (Å²) >= 11 is 0. The van der Waals surface area contributed by atoms with Crippen molar-refractivity contribution in [2.75, 3.05) is 39.4 Å². The Balaban J connectivity index is 0.884. The summed E-state index contributed by atoms with van der Waals surface area (Å²) in [5.41, 5.74) is 6.95. The zero-order valence-electron chi connectivity index (χ0n) is 36.5. The molecule has 5 atom stereocenters. The van der Waals surface area contributed by atoms with Crippen LogP contribution in [0.2, 0.25) is 0 Å². The Morgan fingerprint density at radius 1 is 0.778 bits per heavy atom. The number of carbonyl (C=O) groups is 2. The molecule has 0 aliphatic carbocycles. The van der Waals surface area contributed by atoms with Gasteiger partial charge in [0.25, 0.3) is 0 Å². The van der Waals surface area contributed by atoms with Gasteiger partial charge in [-0.3, -0.25) is 9.69 Å². The number of nitrogens with one attached hydrogen (secondary N) is 2. The van der Waals surface area contributed by atoms with Gasteiger partial charge in [-0.25, -0.2) is 9.97 Å². The summed E-state index contributed by atoms with van der Waals surface area (Å²) in [6, 6.07) is 29.9. The number of carboxylic acid groups (broad SMARTS) is 1. The summed E-state index contributed by atoms with van der Waals surface area (Å²) in [6.45, 7) is 9.78. The number of H-pyrrole nitrogens is 2. The van der Waals surface area contributed by atoms with Gasteiger partial charge in [0.15, 0.2) is 0 Å². The number of benzene rings is 4. The molecule has 9 rings (SSSR count). The number of quaternary nitrogens is 1. The molecular weight excluding hydrogens is 793 g/mol.